The van der Waals surface area contributed by atoms with E-state index in [9.17, 15) is 9.59 Å². The minimum atomic E-state index is -0.176. The Labute approximate surface area is 194 Å². The number of rotatable bonds is 4. The van der Waals surface area contributed by atoms with E-state index in [-0.39, 0.29) is 17.2 Å². The maximum atomic E-state index is 13.1. The van der Waals surface area contributed by atoms with E-state index in [1.165, 1.54) is 5.56 Å². The summed E-state index contributed by atoms with van der Waals surface area (Å²) in [5.41, 5.74) is 4.83. The molecule has 1 aromatic heterocycles. The van der Waals surface area contributed by atoms with Crippen molar-refractivity contribution < 1.29 is 9.59 Å². The second-order valence-corrected chi connectivity index (χ2v) is 9.25. The Bertz CT molecular complexity index is 1340. The zero-order valence-electron chi connectivity index (χ0n) is 19.4. The van der Waals surface area contributed by atoms with Crippen molar-refractivity contribution in [1.29, 1.82) is 0 Å². The normalized spacial score (nSPS) is 12.1. The highest BCUT2D eigenvalue weighted by molar-refractivity contribution is 6.09. The Morgan fingerprint density at radius 2 is 1.48 bits per heavy atom. The smallest absolute Gasteiger partial charge is 0.262 e. The van der Waals surface area contributed by atoms with Gasteiger partial charge in [-0.1, -0.05) is 69.3 Å². The molecular formula is C29H28N2O2. The topological polar surface area (TPSA) is 51.1 Å². The second kappa shape index (κ2) is 8.91. The number of carbonyl (C=O) groups is 2. The van der Waals surface area contributed by atoms with Gasteiger partial charge in [0, 0.05) is 34.0 Å². The van der Waals surface area contributed by atoms with E-state index in [1.807, 2.05) is 72.8 Å². The van der Waals surface area contributed by atoms with E-state index in [4.69, 9.17) is 0 Å². The van der Waals surface area contributed by atoms with Crippen LogP contribution in [0.4, 0.5) is 5.69 Å². The third kappa shape index (κ3) is 4.80. The van der Waals surface area contributed by atoms with Gasteiger partial charge in [0.05, 0.1) is 5.52 Å². The first-order valence-corrected chi connectivity index (χ1v) is 11.0. The number of aromatic nitrogens is 1. The third-order valence-electron chi connectivity index (χ3n) is 5.72. The SMILES string of the molecule is C/C(=C\c1cn(C(=O)c2ccccc2)c2ccccc12)C(=O)Nc1ccc(C(C)(C)C)cc1. The molecule has 0 spiro atoms. The van der Waals surface area contributed by atoms with E-state index in [0.29, 0.717) is 11.1 Å². The number of nitrogens with zero attached hydrogens (tertiary/aromatic N) is 1. The highest BCUT2D eigenvalue weighted by Crippen LogP contribution is 2.26. The molecule has 1 amide bonds. The molecule has 0 aliphatic carbocycles. The van der Waals surface area contributed by atoms with Crippen LogP contribution in [0.25, 0.3) is 17.0 Å². The summed E-state index contributed by atoms with van der Waals surface area (Å²) in [7, 11) is 0. The third-order valence-corrected chi connectivity index (χ3v) is 5.72. The van der Waals surface area contributed by atoms with Crippen molar-refractivity contribution >= 4 is 34.5 Å². The molecule has 0 radical (unpaired) electrons. The summed E-state index contributed by atoms with van der Waals surface area (Å²) in [6, 6.07) is 24.8. The molecule has 0 fully saturated rings. The van der Waals surface area contributed by atoms with Crippen molar-refractivity contribution in [3.63, 3.8) is 0 Å². The fraction of sp³-hybridized carbons (Fsp3) is 0.172. The highest BCUT2D eigenvalue weighted by Gasteiger charge is 2.16. The number of nitrogens with one attached hydrogen (secondary N) is 1. The molecule has 4 aromatic rings. The van der Waals surface area contributed by atoms with Crippen LogP contribution in [0.5, 0.6) is 0 Å². The zero-order chi connectivity index (χ0) is 23.6. The predicted octanol–water partition coefficient (Wildman–Crippen LogP) is 6.67. The van der Waals surface area contributed by atoms with Crippen LogP contribution in [-0.2, 0) is 10.2 Å². The number of benzene rings is 3. The summed E-state index contributed by atoms with van der Waals surface area (Å²) < 4.78 is 1.65. The monoisotopic (exact) mass is 436 g/mol. The first-order chi connectivity index (χ1) is 15.7. The van der Waals surface area contributed by atoms with Crippen molar-refractivity contribution in [2.24, 2.45) is 0 Å². The summed E-state index contributed by atoms with van der Waals surface area (Å²) in [4.78, 5) is 25.9. The average molecular weight is 437 g/mol. The fourth-order valence-corrected chi connectivity index (χ4v) is 3.79. The van der Waals surface area contributed by atoms with Crippen molar-refractivity contribution in [2.45, 2.75) is 33.1 Å². The van der Waals surface area contributed by atoms with Gasteiger partial charge >= 0.3 is 0 Å². The Morgan fingerprint density at radius 3 is 2.15 bits per heavy atom. The lowest BCUT2D eigenvalue weighted by Crippen LogP contribution is -2.14. The Kier molecular flexibility index (Phi) is 6.01. The molecule has 4 rings (SSSR count). The average Bonchev–Trinajstić information content (AvgIpc) is 3.17. The molecule has 1 heterocycles. The number of carbonyl (C=O) groups excluding carboxylic acids is 2. The molecule has 0 atom stereocenters. The molecule has 0 aliphatic rings. The van der Waals surface area contributed by atoms with E-state index in [2.05, 4.69) is 26.1 Å². The maximum absolute atomic E-state index is 13.1. The van der Waals surface area contributed by atoms with Gasteiger partial charge in [-0.15, -0.1) is 0 Å². The number of hydrogen-bond donors (Lipinski definition) is 1. The Balaban J connectivity index is 1.62. The molecular weight excluding hydrogens is 408 g/mol. The zero-order valence-corrected chi connectivity index (χ0v) is 19.4. The fourth-order valence-electron chi connectivity index (χ4n) is 3.79. The van der Waals surface area contributed by atoms with Crippen LogP contribution in [-0.4, -0.2) is 16.4 Å². The van der Waals surface area contributed by atoms with Crippen molar-refractivity contribution in [3.8, 4) is 0 Å². The van der Waals surface area contributed by atoms with E-state index in [1.54, 1.807) is 29.8 Å². The van der Waals surface area contributed by atoms with Crippen LogP contribution in [0.3, 0.4) is 0 Å². The Morgan fingerprint density at radius 1 is 0.848 bits per heavy atom. The summed E-state index contributed by atoms with van der Waals surface area (Å²) in [6.45, 7) is 8.26. The van der Waals surface area contributed by atoms with Gasteiger partial charge in [-0.25, -0.2) is 0 Å². The summed E-state index contributed by atoms with van der Waals surface area (Å²) in [5.74, 6) is -0.280. The number of anilines is 1. The first kappa shape index (κ1) is 22.3. The summed E-state index contributed by atoms with van der Waals surface area (Å²) >= 11 is 0. The molecule has 0 saturated heterocycles. The van der Waals surface area contributed by atoms with Crippen molar-refractivity contribution in [3.05, 3.63) is 107 Å². The molecule has 0 unspecified atom stereocenters. The Hall–Kier alpha value is -3.92. The van der Waals surface area contributed by atoms with Crippen LogP contribution in [0.2, 0.25) is 0 Å². The lowest BCUT2D eigenvalue weighted by Gasteiger charge is -2.19. The van der Waals surface area contributed by atoms with Gasteiger partial charge in [0.2, 0.25) is 0 Å². The largest absolute Gasteiger partial charge is 0.322 e. The minimum absolute atomic E-state index is 0.0593. The highest BCUT2D eigenvalue weighted by atomic mass is 16.2. The standard InChI is InChI=1S/C29H28N2O2/c1-20(27(32)30-24-16-14-23(15-17-24)29(2,3)4)18-22-19-31(26-13-9-8-12-25(22)26)28(33)21-10-6-5-7-11-21/h5-19H,1-4H3,(H,30,32)/b20-18+. The molecule has 1 N–H and O–H groups in total. The molecule has 4 heteroatoms. The van der Waals surface area contributed by atoms with Crippen LogP contribution < -0.4 is 5.32 Å². The quantitative estimate of drug-likeness (QED) is 0.363. The predicted molar refractivity (Wildman–Crippen MR) is 136 cm³/mol. The molecule has 4 nitrogen and oxygen atoms in total. The minimum Gasteiger partial charge on any atom is -0.322 e. The van der Waals surface area contributed by atoms with Gasteiger partial charge in [-0.05, 0) is 54.3 Å². The molecule has 3 aromatic carbocycles. The number of hydrogen-bond acceptors (Lipinski definition) is 2. The van der Waals surface area contributed by atoms with Crippen molar-refractivity contribution in [1.82, 2.24) is 4.57 Å². The van der Waals surface area contributed by atoms with Gasteiger partial charge in [0.25, 0.3) is 11.8 Å². The van der Waals surface area contributed by atoms with E-state index < -0.39 is 0 Å². The number of fused-ring (bicyclic) bond motifs is 1. The number of amides is 1. The van der Waals surface area contributed by atoms with Crippen LogP contribution in [0.1, 0.15) is 49.2 Å². The lowest BCUT2D eigenvalue weighted by atomic mass is 9.87. The van der Waals surface area contributed by atoms with Gasteiger partial charge in [-0.2, -0.15) is 0 Å². The van der Waals surface area contributed by atoms with Gasteiger partial charge in [-0.3, -0.25) is 14.2 Å². The lowest BCUT2D eigenvalue weighted by molar-refractivity contribution is -0.112. The second-order valence-electron chi connectivity index (χ2n) is 9.25. The molecule has 166 valence electrons. The molecule has 0 bridgehead atoms. The molecule has 0 saturated carbocycles. The summed E-state index contributed by atoms with van der Waals surface area (Å²) in [5, 5.41) is 3.88. The van der Waals surface area contributed by atoms with Crippen LogP contribution >= 0.6 is 0 Å². The number of para-hydroxylation sites is 1. The van der Waals surface area contributed by atoms with Gasteiger partial charge in [0.1, 0.15) is 0 Å². The van der Waals surface area contributed by atoms with Crippen molar-refractivity contribution in [2.75, 3.05) is 5.32 Å². The van der Waals surface area contributed by atoms with Crippen LogP contribution in [0.15, 0.2) is 90.6 Å². The maximum Gasteiger partial charge on any atom is 0.262 e. The molecule has 33 heavy (non-hydrogen) atoms. The van der Waals surface area contributed by atoms with Crippen LogP contribution in [0, 0.1) is 0 Å². The van der Waals surface area contributed by atoms with Gasteiger partial charge < -0.3 is 5.32 Å². The van der Waals surface area contributed by atoms with E-state index in [0.717, 1.165) is 22.2 Å². The van der Waals surface area contributed by atoms with Gasteiger partial charge in [0.15, 0.2) is 0 Å². The summed E-state index contributed by atoms with van der Waals surface area (Å²) in [6.07, 6.45) is 3.63. The molecule has 0 aliphatic heterocycles. The van der Waals surface area contributed by atoms with E-state index >= 15 is 0 Å². The first-order valence-electron chi connectivity index (χ1n) is 11.0.